The minimum Gasteiger partial charge on any atom is -0.481 e. The topological polar surface area (TPSA) is 53.4 Å². The molecule has 0 aliphatic carbocycles. The van der Waals surface area contributed by atoms with Gasteiger partial charge < -0.3 is 10.0 Å². The average Bonchev–Trinajstić information content (AvgIpc) is 2.86. The molecule has 1 atom stereocenters. The second kappa shape index (κ2) is 6.54. The highest BCUT2D eigenvalue weighted by atomic mass is 32.1. The predicted molar refractivity (Wildman–Crippen MR) is 86.5 cm³/mol. The maximum atomic E-state index is 11.2. The number of rotatable bonds is 6. The minimum atomic E-state index is -0.830. The minimum absolute atomic E-state index is 0.544. The van der Waals surface area contributed by atoms with E-state index in [1.165, 1.54) is 11.3 Å². The van der Waals surface area contributed by atoms with Crippen molar-refractivity contribution in [3.05, 3.63) is 53.6 Å². The van der Waals surface area contributed by atoms with Gasteiger partial charge in [0.25, 0.3) is 0 Å². The maximum Gasteiger partial charge on any atom is 0.311 e. The van der Waals surface area contributed by atoms with E-state index in [1.54, 1.807) is 6.92 Å². The first-order valence-electron chi connectivity index (χ1n) is 6.68. The third kappa shape index (κ3) is 3.31. The van der Waals surface area contributed by atoms with Gasteiger partial charge >= 0.3 is 5.97 Å². The first-order chi connectivity index (χ1) is 10.0. The fraction of sp³-hybridized carbons (Fsp3) is 0.250. The third-order valence-corrected chi connectivity index (χ3v) is 4.56. The van der Waals surface area contributed by atoms with E-state index in [0.29, 0.717) is 6.54 Å². The van der Waals surface area contributed by atoms with Gasteiger partial charge in [-0.2, -0.15) is 0 Å². The molecule has 2 aromatic rings. The van der Waals surface area contributed by atoms with Crippen molar-refractivity contribution in [2.24, 2.45) is 0 Å². The zero-order valence-corrected chi connectivity index (χ0v) is 12.9. The normalized spacial score (nSPS) is 11.9. The molecule has 0 amide bonds. The highest BCUT2D eigenvalue weighted by molar-refractivity contribution is 7.16. The maximum absolute atomic E-state index is 11.2. The number of aryl methyl sites for hydroxylation is 1. The molecule has 0 radical (unpaired) electrons. The summed E-state index contributed by atoms with van der Waals surface area (Å²) in [6.45, 7) is 7.95. The summed E-state index contributed by atoms with van der Waals surface area (Å²) in [6.07, 6.45) is 1.81. The highest BCUT2D eigenvalue weighted by Gasteiger charge is 2.22. The van der Waals surface area contributed by atoms with Gasteiger partial charge in [-0.15, -0.1) is 17.9 Å². The molecular weight excluding hydrogens is 284 g/mol. The van der Waals surface area contributed by atoms with Crippen LogP contribution >= 0.6 is 11.3 Å². The summed E-state index contributed by atoms with van der Waals surface area (Å²) < 4.78 is 0. The van der Waals surface area contributed by atoms with E-state index in [-0.39, 0.29) is 0 Å². The Hall–Kier alpha value is -2.14. The molecule has 0 fully saturated rings. The number of aromatic nitrogens is 1. The number of carbonyl (C=O) groups is 1. The number of nitrogens with zero attached hydrogens (tertiary/aromatic N) is 2. The molecule has 1 aromatic carbocycles. The van der Waals surface area contributed by atoms with Gasteiger partial charge in [-0.25, -0.2) is 4.98 Å². The van der Waals surface area contributed by atoms with Crippen molar-refractivity contribution in [2.45, 2.75) is 19.8 Å². The molecule has 0 saturated heterocycles. The Morgan fingerprint density at radius 3 is 2.71 bits per heavy atom. The van der Waals surface area contributed by atoms with Crippen LogP contribution in [0.1, 0.15) is 23.4 Å². The Balaban J connectivity index is 2.40. The van der Waals surface area contributed by atoms with Gasteiger partial charge in [0.1, 0.15) is 0 Å². The summed E-state index contributed by atoms with van der Waals surface area (Å²) in [5.74, 6) is -1.37. The van der Waals surface area contributed by atoms with Gasteiger partial charge in [-0.05, 0) is 26.0 Å². The molecule has 0 aliphatic rings. The predicted octanol–water partition coefficient (Wildman–Crippen LogP) is 3.96. The monoisotopic (exact) mass is 302 g/mol. The van der Waals surface area contributed by atoms with Crippen molar-refractivity contribution in [2.75, 3.05) is 11.4 Å². The lowest BCUT2D eigenvalue weighted by Crippen LogP contribution is -2.16. The first kappa shape index (κ1) is 15.3. The van der Waals surface area contributed by atoms with Gasteiger partial charge in [-0.1, -0.05) is 24.3 Å². The smallest absolute Gasteiger partial charge is 0.311 e. The van der Waals surface area contributed by atoms with Crippen LogP contribution in [-0.2, 0) is 4.79 Å². The van der Waals surface area contributed by atoms with Crippen molar-refractivity contribution >= 4 is 28.1 Å². The van der Waals surface area contributed by atoms with Gasteiger partial charge in [0.2, 0.25) is 0 Å². The first-order valence-corrected chi connectivity index (χ1v) is 7.50. The van der Waals surface area contributed by atoms with E-state index in [1.807, 2.05) is 48.2 Å². The SMILES string of the molecule is C=CCN(c1ccccc1)c1nc(C)c(C(C)C(=O)O)s1. The lowest BCUT2D eigenvalue weighted by molar-refractivity contribution is -0.138. The van der Waals surface area contributed by atoms with E-state index in [2.05, 4.69) is 11.6 Å². The average molecular weight is 302 g/mol. The summed E-state index contributed by atoms with van der Waals surface area (Å²) in [5, 5.41) is 9.97. The third-order valence-electron chi connectivity index (χ3n) is 3.20. The molecule has 21 heavy (non-hydrogen) atoms. The summed E-state index contributed by atoms with van der Waals surface area (Å²) in [5.41, 5.74) is 1.79. The van der Waals surface area contributed by atoms with Crippen molar-refractivity contribution in [1.29, 1.82) is 0 Å². The number of carboxylic acid groups (broad SMARTS) is 1. The number of aliphatic carboxylic acids is 1. The number of hydrogen-bond donors (Lipinski definition) is 1. The second-order valence-corrected chi connectivity index (χ2v) is 5.75. The highest BCUT2D eigenvalue weighted by Crippen LogP contribution is 2.35. The van der Waals surface area contributed by atoms with Crippen LogP contribution in [0.5, 0.6) is 0 Å². The van der Waals surface area contributed by atoms with Gasteiger partial charge in [-0.3, -0.25) is 4.79 Å². The Morgan fingerprint density at radius 1 is 1.48 bits per heavy atom. The fourth-order valence-electron chi connectivity index (χ4n) is 2.05. The molecule has 0 bridgehead atoms. The summed E-state index contributed by atoms with van der Waals surface area (Å²) in [7, 11) is 0. The van der Waals surface area contributed by atoms with Crippen LogP contribution in [0.15, 0.2) is 43.0 Å². The molecule has 1 N–H and O–H groups in total. The number of benzene rings is 1. The molecule has 0 spiro atoms. The summed E-state index contributed by atoms with van der Waals surface area (Å²) in [6, 6.07) is 9.89. The molecule has 2 rings (SSSR count). The Morgan fingerprint density at radius 2 is 2.14 bits per heavy atom. The van der Waals surface area contributed by atoms with Gasteiger partial charge in [0.15, 0.2) is 5.13 Å². The van der Waals surface area contributed by atoms with Crippen LogP contribution < -0.4 is 4.90 Å². The Labute approximate surface area is 128 Å². The van der Waals surface area contributed by atoms with Crippen LogP contribution in [0.2, 0.25) is 0 Å². The number of carboxylic acids is 1. The van der Waals surface area contributed by atoms with Crippen LogP contribution in [0.25, 0.3) is 0 Å². The van der Waals surface area contributed by atoms with Crippen LogP contribution in [0, 0.1) is 6.92 Å². The number of thiazole rings is 1. The largest absolute Gasteiger partial charge is 0.481 e. The van der Waals surface area contributed by atoms with Gasteiger partial charge in [0, 0.05) is 17.1 Å². The lowest BCUT2D eigenvalue weighted by Gasteiger charge is -2.20. The van der Waals surface area contributed by atoms with E-state index in [9.17, 15) is 9.90 Å². The van der Waals surface area contributed by atoms with Crippen molar-refractivity contribution in [1.82, 2.24) is 4.98 Å². The van der Waals surface area contributed by atoms with Crippen LogP contribution in [0.4, 0.5) is 10.8 Å². The van der Waals surface area contributed by atoms with E-state index >= 15 is 0 Å². The fourth-order valence-corrected chi connectivity index (χ4v) is 3.19. The Kier molecular flexibility index (Phi) is 4.75. The lowest BCUT2D eigenvalue weighted by atomic mass is 10.1. The standard InChI is InChI=1S/C16H18N2O2S/c1-4-10-18(13-8-6-5-7-9-13)16-17-12(3)14(21-16)11(2)15(19)20/h4-9,11H,1,10H2,2-3H3,(H,19,20). The summed E-state index contributed by atoms with van der Waals surface area (Å²) in [4.78, 5) is 18.5. The van der Waals surface area contributed by atoms with Gasteiger partial charge in [0.05, 0.1) is 11.6 Å². The van der Waals surface area contributed by atoms with E-state index in [4.69, 9.17) is 0 Å². The van der Waals surface area contributed by atoms with Crippen LogP contribution in [-0.4, -0.2) is 22.6 Å². The van der Waals surface area contributed by atoms with Crippen molar-refractivity contribution < 1.29 is 9.90 Å². The van der Waals surface area contributed by atoms with E-state index in [0.717, 1.165) is 21.4 Å². The number of hydrogen-bond acceptors (Lipinski definition) is 4. The zero-order chi connectivity index (χ0) is 15.4. The van der Waals surface area contributed by atoms with Crippen molar-refractivity contribution in [3.63, 3.8) is 0 Å². The number of para-hydroxylation sites is 1. The second-order valence-electron chi connectivity index (χ2n) is 4.74. The molecular formula is C16H18N2O2S. The molecule has 4 nitrogen and oxygen atoms in total. The van der Waals surface area contributed by atoms with Crippen LogP contribution in [0.3, 0.4) is 0 Å². The quantitative estimate of drug-likeness (QED) is 0.821. The molecule has 110 valence electrons. The zero-order valence-electron chi connectivity index (χ0n) is 12.1. The molecule has 0 saturated carbocycles. The molecule has 5 heteroatoms. The Bertz CT molecular complexity index is 637. The molecule has 0 aliphatic heterocycles. The summed E-state index contributed by atoms with van der Waals surface area (Å²) >= 11 is 1.43. The molecule has 1 aromatic heterocycles. The van der Waals surface area contributed by atoms with E-state index < -0.39 is 11.9 Å². The molecule has 1 heterocycles. The van der Waals surface area contributed by atoms with Crippen molar-refractivity contribution in [3.8, 4) is 0 Å². The number of anilines is 2. The molecule has 1 unspecified atom stereocenters.